The molecule has 0 fully saturated rings. The highest BCUT2D eigenvalue weighted by Gasteiger charge is 2.80. The summed E-state index contributed by atoms with van der Waals surface area (Å²) < 4.78 is 82.8. The molecule has 0 saturated carbocycles. The van der Waals surface area contributed by atoms with Crippen molar-refractivity contribution in [3.8, 4) is 5.75 Å². The largest absolute Gasteiger partial charge is 0.497 e. The molecular formula is C13H10F6IO+. The van der Waals surface area contributed by atoms with Gasteiger partial charge in [-0.25, -0.2) is 4.39 Å². The average Bonchev–Trinajstić information content (AvgIpc) is 2.44. The van der Waals surface area contributed by atoms with Gasteiger partial charge in [-0.2, -0.15) is 22.0 Å². The molecule has 2 rings (SSSR count). The van der Waals surface area contributed by atoms with Crippen LogP contribution in [0, 0.1) is 3.57 Å². The van der Waals surface area contributed by atoms with Crippen molar-refractivity contribution in [3.05, 3.63) is 40.0 Å². The molecule has 0 radical (unpaired) electrons. The molecule has 0 bridgehead atoms. The van der Waals surface area contributed by atoms with E-state index < -0.39 is 42.9 Å². The van der Waals surface area contributed by atoms with Gasteiger partial charge in [0.1, 0.15) is 5.75 Å². The number of ether oxygens (including phenoxy) is 1. The maximum absolute atomic E-state index is 14.4. The van der Waals surface area contributed by atoms with Crippen molar-refractivity contribution in [2.75, 3.05) is 7.11 Å². The van der Waals surface area contributed by atoms with Crippen LogP contribution in [0.25, 0.3) is 0 Å². The van der Waals surface area contributed by atoms with Crippen LogP contribution in [-0.4, -0.2) is 28.8 Å². The topological polar surface area (TPSA) is 9.23 Å². The molecule has 0 spiro atoms. The summed E-state index contributed by atoms with van der Waals surface area (Å²) in [5.74, 6) is -9.74. The molecule has 0 saturated heterocycles. The number of hydrogen-bond donors (Lipinski definition) is 0. The summed E-state index contributed by atoms with van der Waals surface area (Å²) in [6.07, 6.45) is -2.80. The second-order valence-corrected chi connectivity index (χ2v) is 7.69. The lowest BCUT2D eigenvalue weighted by Crippen LogP contribution is -3.68. The van der Waals surface area contributed by atoms with Crippen LogP contribution in [0.2, 0.25) is 0 Å². The fourth-order valence-corrected chi connectivity index (χ4v) is 4.42. The second kappa shape index (κ2) is 5.36. The zero-order chi connectivity index (χ0) is 15.9. The first-order valence-corrected chi connectivity index (χ1v) is 7.88. The third-order valence-electron chi connectivity index (χ3n) is 2.95. The Morgan fingerprint density at radius 1 is 1.05 bits per heavy atom. The molecule has 8 heteroatoms. The summed E-state index contributed by atoms with van der Waals surface area (Å²) >= 11 is -2.17. The molecule has 1 aliphatic rings. The van der Waals surface area contributed by atoms with E-state index in [2.05, 4.69) is 0 Å². The van der Waals surface area contributed by atoms with Gasteiger partial charge in [0, 0.05) is 6.08 Å². The Morgan fingerprint density at radius 3 is 2.14 bits per heavy atom. The molecule has 1 aromatic carbocycles. The van der Waals surface area contributed by atoms with Crippen LogP contribution in [0.4, 0.5) is 26.3 Å². The Morgan fingerprint density at radius 2 is 1.62 bits per heavy atom. The van der Waals surface area contributed by atoms with E-state index in [1.807, 2.05) is 0 Å². The molecule has 0 aliphatic heterocycles. The van der Waals surface area contributed by atoms with E-state index >= 15 is 0 Å². The van der Waals surface area contributed by atoms with Crippen molar-refractivity contribution in [2.24, 2.45) is 0 Å². The van der Waals surface area contributed by atoms with Crippen LogP contribution >= 0.6 is 0 Å². The summed E-state index contributed by atoms with van der Waals surface area (Å²) in [6.45, 7) is 0. The summed E-state index contributed by atoms with van der Waals surface area (Å²) in [4.78, 5) is 0. The zero-order valence-corrected chi connectivity index (χ0v) is 12.8. The van der Waals surface area contributed by atoms with E-state index in [1.165, 1.54) is 31.4 Å². The normalized spacial score (nSPS) is 30.1. The lowest BCUT2D eigenvalue weighted by molar-refractivity contribution is -0.746. The van der Waals surface area contributed by atoms with Crippen molar-refractivity contribution in [2.45, 2.75) is 21.7 Å². The molecular weight excluding hydrogens is 413 g/mol. The highest BCUT2D eigenvalue weighted by Crippen LogP contribution is 2.47. The van der Waals surface area contributed by atoms with Crippen LogP contribution in [0.1, 0.15) is 0 Å². The fraction of sp³-hybridized carbons (Fsp3) is 0.385. The number of allylic oxidation sites excluding steroid dienone is 2. The van der Waals surface area contributed by atoms with Crippen LogP contribution in [0.15, 0.2) is 36.4 Å². The van der Waals surface area contributed by atoms with E-state index in [0.29, 0.717) is 5.75 Å². The summed E-state index contributed by atoms with van der Waals surface area (Å²) in [5, 5.41) is 0. The molecule has 2 unspecified atom stereocenters. The van der Waals surface area contributed by atoms with E-state index in [0.717, 1.165) is 0 Å². The monoisotopic (exact) mass is 423 g/mol. The predicted octanol–water partition coefficient (Wildman–Crippen LogP) is 0.798. The standard InChI is InChI=1S/C13H10F6IO/c1-21-9-4-2-8(3-5-9)20-11(15)7-6-10(14)12(16,17)13(11,18)19/h2-7,10H,1H3/q+1. The van der Waals surface area contributed by atoms with Crippen LogP contribution in [0.3, 0.4) is 0 Å². The van der Waals surface area contributed by atoms with Gasteiger partial charge in [-0.3, -0.25) is 0 Å². The molecule has 21 heavy (non-hydrogen) atoms. The average molecular weight is 423 g/mol. The molecule has 0 heterocycles. The number of hydrogen-bond acceptors (Lipinski definition) is 1. The highest BCUT2D eigenvalue weighted by molar-refractivity contribution is 5.22. The Bertz CT molecular complexity index is 544. The number of halogens is 7. The molecule has 0 N–H and O–H groups in total. The Hall–Kier alpha value is -0.930. The lowest BCUT2D eigenvalue weighted by Gasteiger charge is -2.33. The van der Waals surface area contributed by atoms with Gasteiger partial charge in [0.2, 0.25) is 0 Å². The minimum absolute atomic E-state index is 0.167. The minimum atomic E-state index is -5.10. The third kappa shape index (κ3) is 2.62. The third-order valence-corrected chi connectivity index (χ3v) is 6.12. The Labute approximate surface area is 127 Å². The predicted molar refractivity (Wildman–Crippen MR) is 59.5 cm³/mol. The van der Waals surface area contributed by atoms with Gasteiger partial charge < -0.3 is 4.74 Å². The van der Waals surface area contributed by atoms with Crippen LogP contribution in [-0.2, 0) is 0 Å². The van der Waals surface area contributed by atoms with Gasteiger partial charge in [0.25, 0.3) is 0 Å². The van der Waals surface area contributed by atoms with E-state index in [4.69, 9.17) is 4.74 Å². The van der Waals surface area contributed by atoms with Crippen molar-refractivity contribution in [1.29, 1.82) is 0 Å². The quantitative estimate of drug-likeness (QED) is 0.303. The first-order chi connectivity index (χ1) is 9.64. The second-order valence-electron chi connectivity index (χ2n) is 4.33. The summed E-state index contributed by atoms with van der Waals surface area (Å²) in [5.41, 5.74) is 0. The smallest absolute Gasteiger partial charge is 0.394 e. The first kappa shape index (κ1) is 16.4. The molecule has 1 aromatic rings. The van der Waals surface area contributed by atoms with Gasteiger partial charge in [0.15, 0.2) is 9.74 Å². The molecule has 0 aromatic heterocycles. The maximum atomic E-state index is 14.4. The number of methoxy groups -OCH3 is 1. The zero-order valence-electron chi connectivity index (χ0n) is 10.6. The van der Waals surface area contributed by atoms with Gasteiger partial charge in [-0.15, -0.1) is 0 Å². The van der Waals surface area contributed by atoms with Crippen molar-refractivity contribution < 1.29 is 52.3 Å². The van der Waals surface area contributed by atoms with Crippen molar-refractivity contribution in [1.82, 2.24) is 0 Å². The van der Waals surface area contributed by atoms with Crippen LogP contribution < -0.4 is 25.9 Å². The molecule has 2 atom stereocenters. The van der Waals surface area contributed by atoms with Crippen LogP contribution in [0.5, 0.6) is 5.75 Å². The number of alkyl halides is 7. The number of rotatable bonds is 3. The summed E-state index contributed by atoms with van der Waals surface area (Å²) in [7, 11) is 1.39. The SMILES string of the molecule is COc1ccc([I+]C2(F)C=CC(F)C(F)(F)C2(F)F)cc1. The van der Waals surface area contributed by atoms with Gasteiger partial charge in [-0.1, -0.05) is 0 Å². The fourth-order valence-electron chi connectivity index (χ4n) is 1.71. The number of benzene rings is 1. The van der Waals surface area contributed by atoms with Gasteiger partial charge >= 0.3 is 36.7 Å². The van der Waals surface area contributed by atoms with Crippen molar-refractivity contribution in [3.63, 3.8) is 0 Å². The molecule has 116 valence electrons. The summed E-state index contributed by atoms with van der Waals surface area (Å²) in [6, 6.07) is 5.49. The minimum Gasteiger partial charge on any atom is -0.497 e. The maximum Gasteiger partial charge on any atom is 0.394 e. The van der Waals surface area contributed by atoms with E-state index in [1.54, 1.807) is 0 Å². The lowest BCUT2D eigenvalue weighted by atomic mass is 9.96. The Balaban J connectivity index is 2.34. The van der Waals surface area contributed by atoms with E-state index in [-0.39, 0.29) is 15.7 Å². The van der Waals surface area contributed by atoms with Crippen molar-refractivity contribution >= 4 is 0 Å². The van der Waals surface area contributed by atoms with Gasteiger partial charge in [-0.05, 0) is 30.3 Å². The molecule has 0 amide bonds. The molecule has 1 nitrogen and oxygen atoms in total. The van der Waals surface area contributed by atoms with Gasteiger partial charge in [0.05, 0.1) is 7.11 Å². The highest BCUT2D eigenvalue weighted by atomic mass is 127. The first-order valence-electron chi connectivity index (χ1n) is 5.72. The molecule has 1 aliphatic carbocycles. The Kier molecular flexibility index (Phi) is 4.20. The van der Waals surface area contributed by atoms with E-state index in [9.17, 15) is 26.3 Å².